The second kappa shape index (κ2) is 36.7. The van der Waals surface area contributed by atoms with Crippen LogP contribution in [0.15, 0.2) is 147 Å². The van der Waals surface area contributed by atoms with Crippen LogP contribution in [-0.4, -0.2) is 6.54 Å². The monoisotopic (exact) mass is 824 g/mol. The highest BCUT2D eigenvalue weighted by Gasteiger charge is 1.98. The van der Waals surface area contributed by atoms with E-state index in [0.717, 1.165) is 64.5 Å². The number of hydrogen-bond acceptors (Lipinski definition) is 1. The Morgan fingerprint density at radius 2 is 0.576 bits per heavy atom. The van der Waals surface area contributed by atoms with Gasteiger partial charge in [0.15, 0.2) is 0 Å². The van der Waals surface area contributed by atoms with Crippen LogP contribution in [0.1, 0.15) is 197 Å². The summed E-state index contributed by atoms with van der Waals surface area (Å²) < 4.78 is 0. The molecule has 0 saturated carbocycles. The first-order chi connectivity index (χ1) is 27.8. The predicted octanol–water partition coefficient (Wildman–Crippen LogP) is 18.7. The van der Waals surface area contributed by atoms with Crippen molar-refractivity contribution >= 4 is 12.4 Å². The van der Waals surface area contributed by atoms with Gasteiger partial charge < -0.3 is 5.32 Å². The molecule has 0 aromatic heterocycles. The molecule has 2 heteroatoms. The molecule has 0 aliphatic carbocycles. The van der Waals surface area contributed by atoms with Crippen LogP contribution in [0.3, 0.4) is 0 Å². The topological polar surface area (TPSA) is 12.0 Å². The van der Waals surface area contributed by atoms with Crippen molar-refractivity contribution in [1.29, 1.82) is 0 Å². The van der Waals surface area contributed by atoms with E-state index in [9.17, 15) is 0 Å². The zero-order chi connectivity index (χ0) is 42.8. The molecule has 0 amide bonds. The zero-order valence-corrected chi connectivity index (χ0v) is 41.0. The lowest BCUT2D eigenvalue weighted by atomic mass is 10.0. The molecule has 0 bridgehead atoms. The molecule has 330 valence electrons. The van der Waals surface area contributed by atoms with E-state index in [-0.39, 0.29) is 12.4 Å². The first-order valence-electron chi connectivity index (χ1n) is 23.1. The van der Waals surface area contributed by atoms with Gasteiger partial charge in [-0.15, -0.1) is 12.4 Å². The van der Waals surface area contributed by atoms with E-state index in [1.807, 2.05) is 0 Å². The summed E-state index contributed by atoms with van der Waals surface area (Å²) in [6.45, 7) is 26.9. The molecule has 0 aliphatic rings. The van der Waals surface area contributed by atoms with Crippen molar-refractivity contribution in [2.24, 2.45) is 0 Å². The summed E-state index contributed by atoms with van der Waals surface area (Å²) in [6.07, 6.45) is 45.3. The second-order valence-electron chi connectivity index (χ2n) is 17.7. The van der Waals surface area contributed by atoms with Crippen LogP contribution >= 0.6 is 12.4 Å². The van der Waals surface area contributed by atoms with Crippen molar-refractivity contribution in [2.45, 2.75) is 198 Å². The number of allylic oxidation sites excluding steroid dienone is 19. The predicted molar refractivity (Wildman–Crippen MR) is 272 cm³/mol. The van der Waals surface area contributed by atoms with Gasteiger partial charge in [0.25, 0.3) is 0 Å². The molecule has 0 radical (unpaired) electrons. The van der Waals surface area contributed by atoms with E-state index >= 15 is 0 Å². The fraction of sp³-hybridized carbons (Fsp3) is 0.544. The van der Waals surface area contributed by atoms with Crippen LogP contribution in [0, 0.1) is 0 Å². The van der Waals surface area contributed by atoms with E-state index in [1.165, 1.54) is 126 Å². The first kappa shape index (κ1) is 55.9. The summed E-state index contributed by atoms with van der Waals surface area (Å²) in [4.78, 5) is 0. The van der Waals surface area contributed by atoms with Crippen molar-refractivity contribution in [3.63, 3.8) is 0 Å². The average molecular weight is 825 g/mol. The van der Waals surface area contributed by atoms with Crippen molar-refractivity contribution in [2.75, 3.05) is 6.54 Å². The molecule has 1 aromatic rings. The maximum absolute atomic E-state index is 3.52. The maximum Gasteiger partial charge on any atom is 0.0208 e. The largest absolute Gasteiger partial charge is 0.309 e. The molecule has 0 unspecified atom stereocenters. The minimum absolute atomic E-state index is 0. The summed E-state index contributed by atoms with van der Waals surface area (Å²) in [5, 5.41) is 3.52. The Labute approximate surface area is 373 Å². The molecule has 0 heterocycles. The number of halogens is 1. The molecular formula is C57H90ClN. The van der Waals surface area contributed by atoms with E-state index in [0.29, 0.717) is 0 Å². The smallest absolute Gasteiger partial charge is 0.0208 e. The summed E-state index contributed by atoms with van der Waals surface area (Å²) in [5.41, 5.74) is 16.5. The van der Waals surface area contributed by atoms with Gasteiger partial charge in [0.05, 0.1) is 0 Å². The Kier molecular flexibility index (Phi) is 34.8. The van der Waals surface area contributed by atoms with Crippen LogP contribution in [0.4, 0.5) is 0 Å². The zero-order valence-electron chi connectivity index (χ0n) is 40.2. The Balaban J connectivity index is 0.0000336. The Hall–Kier alpha value is -3.13. The van der Waals surface area contributed by atoms with Gasteiger partial charge in [0.2, 0.25) is 0 Å². The van der Waals surface area contributed by atoms with Gasteiger partial charge in [-0.2, -0.15) is 0 Å². The highest BCUT2D eigenvalue weighted by Crippen LogP contribution is 2.18. The lowest BCUT2D eigenvalue weighted by molar-refractivity contribution is 0.753. The number of nitrogens with one attached hydrogen (secondary N) is 1. The quantitative estimate of drug-likeness (QED) is 0.0581. The molecule has 0 aliphatic heterocycles. The lowest BCUT2D eigenvalue weighted by Gasteiger charge is -2.05. The fourth-order valence-electron chi connectivity index (χ4n) is 6.94. The molecule has 0 saturated heterocycles. The van der Waals surface area contributed by atoms with E-state index in [1.54, 1.807) is 0 Å². The number of benzene rings is 1. The van der Waals surface area contributed by atoms with Crippen LogP contribution in [-0.2, 0) is 6.54 Å². The third-order valence-corrected chi connectivity index (χ3v) is 11.1. The van der Waals surface area contributed by atoms with Gasteiger partial charge in [0, 0.05) is 13.1 Å². The fourth-order valence-corrected chi connectivity index (χ4v) is 6.94. The Morgan fingerprint density at radius 3 is 0.831 bits per heavy atom. The third-order valence-electron chi connectivity index (χ3n) is 11.1. The van der Waals surface area contributed by atoms with E-state index in [4.69, 9.17) is 0 Å². The minimum Gasteiger partial charge on any atom is -0.309 e. The summed E-state index contributed by atoms with van der Waals surface area (Å²) >= 11 is 0. The maximum atomic E-state index is 3.52. The standard InChI is InChI=1S/C57H89N.ClH/c1-47(2)24-15-25-48(3)26-16-27-49(4)28-17-29-50(5)30-18-31-51(6)32-19-33-52(7)34-20-35-53(8)36-21-37-54(9)38-22-39-55(10)40-23-41-56(11)44-45-58-46-57-42-13-12-14-43-57;/h12-14,24,26,28,30,32,34,36,38,40,42-44,58H,15-23,25,27,29,31,33,35,37,39,41,45-46H2,1-11H3;1H/b48-26+,49-28+,50-30+,51-32+,52-34+,53-36+,54-38+,55-40+,56-44+;. The van der Waals surface area contributed by atoms with Gasteiger partial charge in [-0.3, -0.25) is 0 Å². The molecule has 0 spiro atoms. The molecule has 1 N–H and O–H groups in total. The summed E-state index contributed by atoms with van der Waals surface area (Å²) in [6, 6.07) is 10.6. The Bertz CT molecular complexity index is 1580. The SMILES string of the molecule is CC(C)=CCC/C(C)=C/CC/C(C)=C/CC/C(C)=C/CC/C(C)=C/CC/C(C)=C/CC/C(C)=C/CC/C(C)=C/CC/C(C)=C/CC/C(C)=C/CNCc1ccccc1.Cl. The third kappa shape index (κ3) is 35.3. The highest BCUT2D eigenvalue weighted by molar-refractivity contribution is 5.85. The molecule has 59 heavy (non-hydrogen) atoms. The molecule has 1 rings (SSSR count). The van der Waals surface area contributed by atoms with Crippen LogP contribution in [0.2, 0.25) is 0 Å². The van der Waals surface area contributed by atoms with Crippen molar-refractivity contribution in [3.8, 4) is 0 Å². The first-order valence-corrected chi connectivity index (χ1v) is 23.1. The molecule has 0 atom stereocenters. The minimum atomic E-state index is 0. The van der Waals surface area contributed by atoms with E-state index in [2.05, 4.69) is 173 Å². The van der Waals surface area contributed by atoms with Gasteiger partial charge in [-0.1, -0.05) is 147 Å². The van der Waals surface area contributed by atoms with Crippen LogP contribution < -0.4 is 5.32 Å². The molecule has 0 fully saturated rings. The highest BCUT2D eigenvalue weighted by atomic mass is 35.5. The van der Waals surface area contributed by atoms with E-state index < -0.39 is 0 Å². The van der Waals surface area contributed by atoms with Gasteiger partial charge in [0.1, 0.15) is 0 Å². The van der Waals surface area contributed by atoms with Gasteiger partial charge in [-0.25, -0.2) is 0 Å². The summed E-state index contributed by atoms with van der Waals surface area (Å²) in [5.74, 6) is 0. The number of hydrogen-bond donors (Lipinski definition) is 1. The van der Waals surface area contributed by atoms with Crippen LogP contribution in [0.5, 0.6) is 0 Å². The van der Waals surface area contributed by atoms with Gasteiger partial charge in [-0.05, 0) is 197 Å². The molecular weight excluding hydrogens is 734 g/mol. The average Bonchev–Trinajstić information content (AvgIpc) is 3.17. The Morgan fingerprint density at radius 1 is 0.339 bits per heavy atom. The number of rotatable bonds is 31. The lowest BCUT2D eigenvalue weighted by Crippen LogP contribution is -2.13. The van der Waals surface area contributed by atoms with Gasteiger partial charge >= 0.3 is 0 Å². The van der Waals surface area contributed by atoms with Crippen molar-refractivity contribution in [3.05, 3.63) is 152 Å². The summed E-state index contributed by atoms with van der Waals surface area (Å²) in [7, 11) is 0. The normalized spacial score (nSPS) is 14.2. The van der Waals surface area contributed by atoms with Crippen LogP contribution in [0.25, 0.3) is 0 Å². The molecule has 1 nitrogen and oxygen atoms in total. The second-order valence-corrected chi connectivity index (χ2v) is 17.7. The van der Waals surface area contributed by atoms with Crippen molar-refractivity contribution < 1.29 is 0 Å². The molecule has 1 aromatic carbocycles. The van der Waals surface area contributed by atoms with Crippen molar-refractivity contribution in [1.82, 2.24) is 5.32 Å².